The first kappa shape index (κ1) is 31.2. The van der Waals surface area contributed by atoms with Gasteiger partial charge in [-0.05, 0) is 63.7 Å². The van der Waals surface area contributed by atoms with Gasteiger partial charge in [-0.3, -0.25) is 19.3 Å². The van der Waals surface area contributed by atoms with Gasteiger partial charge in [-0.25, -0.2) is 0 Å². The zero-order valence-electron chi connectivity index (χ0n) is 25.5. The van der Waals surface area contributed by atoms with Gasteiger partial charge in [0.15, 0.2) is 0 Å². The predicted molar refractivity (Wildman–Crippen MR) is 158 cm³/mol. The number of fused-ring (bicyclic) bond motifs is 6. The number of carbonyl (C=O) groups is 3. The van der Waals surface area contributed by atoms with Gasteiger partial charge < -0.3 is 44.4 Å². The average molecular weight is 616 g/mol. The van der Waals surface area contributed by atoms with Crippen LogP contribution in [0.3, 0.4) is 0 Å². The number of morpholine rings is 1. The van der Waals surface area contributed by atoms with Gasteiger partial charge in [0.25, 0.3) is 5.91 Å². The standard InChI is InChI=1S/C31H45N5O8/c1-33-9-7-21(8-10-33)36-15-20-13-24(36)31(41)34-11-12-43-23(16-34)17-35(30(40)19-3-5-22(42-2)6-4-19)18-26-29(39)28(38)25(44-26)14-27(37)32-20/h3-6,20-21,23-26,28-29,38-39H,7-18H2,1-2H3,(H,32,37)/t20-,23-,24-,25-,26+,28-,29+/m0/s1. The Bertz CT molecular complexity index is 1190. The second-order valence-corrected chi connectivity index (χ2v) is 12.9. The third kappa shape index (κ3) is 6.58. The van der Waals surface area contributed by atoms with E-state index in [-0.39, 0.29) is 55.4 Å². The number of ether oxygens (including phenoxy) is 3. The Hall–Kier alpha value is -2.81. The number of carbonyl (C=O) groups excluding carboxylic acids is 3. The van der Waals surface area contributed by atoms with Crippen molar-refractivity contribution in [2.45, 2.75) is 74.3 Å². The van der Waals surface area contributed by atoms with E-state index in [1.165, 1.54) is 0 Å². The molecule has 5 heterocycles. The molecule has 242 valence electrons. The van der Waals surface area contributed by atoms with E-state index in [1.807, 2.05) is 4.90 Å². The van der Waals surface area contributed by atoms with Crippen LogP contribution in [0.15, 0.2) is 24.3 Å². The number of likely N-dealkylation sites (tertiary alicyclic amines) is 2. The van der Waals surface area contributed by atoms with Gasteiger partial charge in [-0.15, -0.1) is 0 Å². The van der Waals surface area contributed by atoms with Crippen LogP contribution >= 0.6 is 0 Å². The molecule has 5 saturated heterocycles. The quantitative estimate of drug-likeness (QED) is 0.384. The van der Waals surface area contributed by atoms with Crippen LogP contribution in [-0.4, -0.2) is 163 Å². The number of nitrogens with one attached hydrogen (secondary N) is 1. The highest BCUT2D eigenvalue weighted by Crippen LogP contribution is 2.30. The SMILES string of the molecule is COc1ccc(C(=O)N2C[C@@H]3CN(CCO3)C(=O)[C@@H]3C[C@@H](CN3C3CCN(C)CC3)NC(=O)C[C@@H]3O[C@H](C2)[C@@H](O)[C@H]3O)cc1. The van der Waals surface area contributed by atoms with E-state index in [0.29, 0.717) is 44.0 Å². The number of rotatable bonds is 3. The molecule has 6 rings (SSSR count). The smallest absolute Gasteiger partial charge is 0.254 e. The Morgan fingerprint density at radius 1 is 0.977 bits per heavy atom. The molecular weight excluding hydrogens is 570 g/mol. The molecule has 1 aromatic rings. The number of aliphatic hydroxyl groups excluding tert-OH is 2. The maximum Gasteiger partial charge on any atom is 0.254 e. The molecule has 0 spiro atoms. The van der Waals surface area contributed by atoms with Crippen LogP contribution in [0.5, 0.6) is 5.75 Å². The number of hydrogen-bond acceptors (Lipinski definition) is 10. The number of piperidine rings is 1. The predicted octanol–water partition coefficient (Wildman–Crippen LogP) is -1.09. The fourth-order valence-corrected chi connectivity index (χ4v) is 7.41. The Balaban J connectivity index is 1.28. The van der Waals surface area contributed by atoms with Crippen LogP contribution in [0.1, 0.15) is 36.0 Å². The van der Waals surface area contributed by atoms with E-state index in [0.717, 1.165) is 25.9 Å². The molecule has 44 heavy (non-hydrogen) atoms. The van der Waals surface area contributed by atoms with Crippen molar-refractivity contribution in [2.24, 2.45) is 0 Å². The first-order chi connectivity index (χ1) is 21.2. The van der Waals surface area contributed by atoms with Crippen molar-refractivity contribution in [1.29, 1.82) is 0 Å². The second kappa shape index (κ2) is 13.3. The van der Waals surface area contributed by atoms with Gasteiger partial charge >= 0.3 is 0 Å². The lowest BCUT2D eigenvalue weighted by atomic mass is 10.0. The van der Waals surface area contributed by atoms with Crippen molar-refractivity contribution in [2.75, 3.05) is 66.6 Å². The van der Waals surface area contributed by atoms with Gasteiger partial charge in [0, 0.05) is 50.4 Å². The van der Waals surface area contributed by atoms with Crippen molar-refractivity contribution < 1.29 is 38.8 Å². The molecule has 1 aromatic carbocycles. The highest BCUT2D eigenvalue weighted by atomic mass is 16.5. The maximum atomic E-state index is 14.1. The van der Waals surface area contributed by atoms with Crippen LogP contribution in [0.4, 0.5) is 0 Å². The number of aliphatic hydroxyl groups is 2. The number of nitrogens with zero attached hydrogens (tertiary/aromatic N) is 4. The molecule has 0 radical (unpaired) electrons. The maximum absolute atomic E-state index is 14.1. The molecule has 5 aliphatic rings. The number of amides is 3. The van der Waals surface area contributed by atoms with Crippen LogP contribution in [-0.2, 0) is 19.1 Å². The van der Waals surface area contributed by atoms with Gasteiger partial charge in [0.2, 0.25) is 11.8 Å². The van der Waals surface area contributed by atoms with Crippen LogP contribution in [0.25, 0.3) is 0 Å². The van der Waals surface area contributed by atoms with Gasteiger partial charge in [0.1, 0.15) is 24.1 Å². The van der Waals surface area contributed by atoms with E-state index in [9.17, 15) is 24.6 Å². The molecule has 5 aliphatic heterocycles. The molecule has 0 aliphatic carbocycles. The summed E-state index contributed by atoms with van der Waals surface area (Å²) in [6.07, 6.45) is -2.57. The van der Waals surface area contributed by atoms with Crippen molar-refractivity contribution in [3.8, 4) is 5.75 Å². The zero-order chi connectivity index (χ0) is 31.0. The second-order valence-electron chi connectivity index (χ2n) is 12.9. The molecule has 13 heteroatoms. The number of benzene rings is 1. The highest BCUT2D eigenvalue weighted by molar-refractivity contribution is 5.94. The summed E-state index contributed by atoms with van der Waals surface area (Å²) in [4.78, 5) is 49.1. The summed E-state index contributed by atoms with van der Waals surface area (Å²) in [6, 6.07) is 6.40. The summed E-state index contributed by atoms with van der Waals surface area (Å²) in [5, 5.41) is 24.9. The summed E-state index contributed by atoms with van der Waals surface area (Å²) in [7, 11) is 3.66. The summed E-state index contributed by atoms with van der Waals surface area (Å²) < 4.78 is 17.4. The van der Waals surface area contributed by atoms with E-state index in [1.54, 1.807) is 36.3 Å². The van der Waals surface area contributed by atoms with E-state index >= 15 is 0 Å². The largest absolute Gasteiger partial charge is 0.497 e. The Morgan fingerprint density at radius 3 is 2.43 bits per heavy atom. The van der Waals surface area contributed by atoms with E-state index in [4.69, 9.17) is 14.2 Å². The van der Waals surface area contributed by atoms with Gasteiger partial charge in [-0.1, -0.05) is 0 Å². The van der Waals surface area contributed by atoms with Crippen molar-refractivity contribution >= 4 is 17.7 Å². The van der Waals surface area contributed by atoms with E-state index in [2.05, 4.69) is 22.2 Å². The average Bonchev–Trinajstić information content (AvgIpc) is 3.56. The molecule has 0 unspecified atom stereocenters. The number of methoxy groups -OCH3 is 1. The Kier molecular flexibility index (Phi) is 9.41. The lowest BCUT2D eigenvalue weighted by Crippen LogP contribution is -2.57. The Labute approximate surface area is 258 Å². The lowest BCUT2D eigenvalue weighted by molar-refractivity contribution is -0.145. The zero-order valence-corrected chi connectivity index (χ0v) is 25.5. The van der Waals surface area contributed by atoms with Gasteiger partial charge in [0.05, 0.1) is 38.4 Å². The molecule has 5 fully saturated rings. The first-order valence-electron chi connectivity index (χ1n) is 15.8. The molecule has 13 nitrogen and oxygen atoms in total. The van der Waals surface area contributed by atoms with Crippen molar-refractivity contribution in [3.63, 3.8) is 0 Å². The lowest BCUT2D eigenvalue weighted by Gasteiger charge is -2.41. The fourth-order valence-electron chi connectivity index (χ4n) is 7.41. The highest BCUT2D eigenvalue weighted by Gasteiger charge is 2.47. The van der Waals surface area contributed by atoms with Crippen LogP contribution in [0.2, 0.25) is 0 Å². The fraction of sp³-hybridized carbons (Fsp3) is 0.710. The molecular formula is C31H45N5O8. The monoisotopic (exact) mass is 615 g/mol. The molecule has 7 atom stereocenters. The minimum atomic E-state index is -1.28. The van der Waals surface area contributed by atoms with Gasteiger partial charge in [-0.2, -0.15) is 0 Å². The third-order valence-corrected chi connectivity index (χ3v) is 9.89. The topological polar surface area (TPSA) is 144 Å². The summed E-state index contributed by atoms with van der Waals surface area (Å²) in [5.41, 5.74) is 0.415. The molecule has 0 aromatic heterocycles. The van der Waals surface area contributed by atoms with Crippen molar-refractivity contribution in [3.05, 3.63) is 29.8 Å². The normalized spacial score (nSPS) is 34.7. The summed E-state index contributed by atoms with van der Waals surface area (Å²) in [6.45, 7) is 3.74. The van der Waals surface area contributed by atoms with E-state index < -0.39 is 30.5 Å². The summed E-state index contributed by atoms with van der Waals surface area (Å²) in [5.74, 6) is 0.0392. The minimum absolute atomic E-state index is 0.0236. The van der Waals surface area contributed by atoms with Crippen LogP contribution < -0.4 is 10.1 Å². The molecule has 0 saturated carbocycles. The molecule has 6 bridgehead atoms. The van der Waals surface area contributed by atoms with Crippen molar-refractivity contribution in [1.82, 2.24) is 24.9 Å². The molecule has 3 N–H and O–H groups in total. The number of hydrogen-bond donors (Lipinski definition) is 3. The molecule has 3 amide bonds. The third-order valence-electron chi connectivity index (χ3n) is 9.89. The van der Waals surface area contributed by atoms with Crippen LogP contribution in [0, 0.1) is 0 Å². The first-order valence-corrected chi connectivity index (χ1v) is 15.8. The summed E-state index contributed by atoms with van der Waals surface area (Å²) >= 11 is 0. The Morgan fingerprint density at radius 2 is 1.70 bits per heavy atom. The minimum Gasteiger partial charge on any atom is -0.497 e.